The Bertz CT molecular complexity index is 826. The van der Waals surface area contributed by atoms with Crippen LogP contribution >= 0.6 is 0 Å². The molecule has 12 heteroatoms. The van der Waals surface area contributed by atoms with Crippen molar-refractivity contribution in [3.63, 3.8) is 0 Å². The molecule has 0 atom stereocenters. The number of hydrogen-bond acceptors (Lipinski definition) is 5. The largest absolute Gasteiger partial charge is 0.437 e. The van der Waals surface area contributed by atoms with E-state index in [0.717, 1.165) is 12.1 Å². The molecule has 134 valence electrons. The predicted molar refractivity (Wildman–Crippen MR) is 73.8 cm³/mol. The van der Waals surface area contributed by atoms with Gasteiger partial charge in [-0.15, -0.1) is 5.10 Å². The van der Waals surface area contributed by atoms with Crippen molar-refractivity contribution in [2.24, 2.45) is 0 Å². The summed E-state index contributed by atoms with van der Waals surface area (Å²) < 4.78 is 54.0. The lowest BCUT2D eigenvalue weighted by Crippen LogP contribution is -2.45. The molecule has 2 rings (SSSR count). The van der Waals surface area contributed by atoms with E-state index in [9.17, 15) is 31.9 Å². The van der Waals surface area contributed by atoms with Crippen molar-refractivity contribution in [1.29, 1.82) is 0 Å². The Morgan fingerprint density at radius 2 is 1.84 bits per heavy atom. The van der Waals surface area contributed by atoms with Gasteiger partial charge >= 0.3 is 18.0 Å². The van der Waals surface area contributed by atoms with E-state index in [4.69, 9.17) is 4.42 Å². The van der Waals surface area contributed by atoms with Gasteiger partial charge in [0.05, 0.1) is 0 Å². The molecule has 8 nitrogen and oxygen atoms in total. The van der Waals surface area contributed by atoms with Gasteiger partial charge in [0, 0.05) is 5.56 Å². The Kier molecular flexibility index (Phi) is 5.20. The summed E-state index contributed by atoms with van der Waals surface area (Å²) in [7, 11) is 0. The maximum absolute atomic E-state index is 12.8. The Balaban J connectivity index is 1.98. The molecule has 2 aromatic rings. The molecule has 25 heavy (non-hydrogen) atoms. The molecule has 0 aliphatic carbocycles. The van der Waals surface area contributed by atoms with E-state index in [1.54, 1.807) is 5.32 Å². The number of urea groups is 1. The Hall–Kier alpha value is -3.18. The molecule has 0 aliphatic rings. The fourth-order valence-corrected chi connectivity index (χ4v) is 1.64. The third-order valence-corrected chi connectivity index (χ3v) is 2.69. The lowest BCUT2D eigenvalue weighted by Gasteiger charge is -2.08. The van der Waals surface area contributed by atoms with Crippen molar-refractivity contribution in [2.75, 3.05) is 6.54 Å². The van der Waals surface area contributed by atoms with E-state index < -0.39 is 42.8 Å². The third-order valence-electron chi connectivity index (χ3n) is 2.69. The normalized spacial score (nSPS) is 11.2. The highest BCUT2D eigenvalue weighted by molar-refractivity contribution is 5.94. The molecule has 1 heterocycles. The number of benzene rings is 1. The molecule has 0 unspecified atom stereocenters. The molecule has 0 spiro atoms. The Labute approximate surface area is 136 Å². The van der Waals surface area contributed by atoms with E-state index in [1.807, 2.05) is 0 Å². The van der Waals surface area contributed by atoms with Crippen molar-refractivity contribution in [3.8, 4) is 11.5 Å². The van der Waals surface area contributed by atoms with Gasteiger partial charge in [-0.2, -0.15) is 17.9 Å². The molecular weight excluding hydrogens is 352 g/mol. The van der Waals surface area contributed by atoms with Gasteiger partial charge < -0.3 is 9.73 Å². The molecule has 0 saturated carbocycles. The van der Waals surface area contributed by atoms with E-state index in [0.29, 0.717) is 4.68 Å². The minimum atomic E-state index is -4.63. The van der Waals surface area contributed by atoms with Gasteiger partial charge in [-0.05, 0) is 24.3 Å². The topological polar surface area (TPSA) is 106 Å². The number of amides is 3. The number of carbonyl (C=O) groups excluding carboxylic acids is 2. The summed E-state index contributed by atoms with van der Waals surface area (Å²) in [4.78, 5) is 34.3. The number of halogens is 4. The molecule has 3 amide bonds. The highest BCUT2D eigenvalue weighted by Gasteiger charge is 2.28. The number of hydrogen-bond donors (Lipinski definition) is 2. The first-order chi connectivity index (χ1) is 11.6. The van der Waals surface area contributed by atoms with Crippen LogP contribution < -0.4 is 16.4 Å². The second-order valence-electron chi connectivity index (χ2n) is 4.68. The van der Waals surface area contributed by atoms with Crippen LogP contribution in [0.5, 0.6) is 0 Å². The lowest BCUT2D eigenvalue weighted by molar-refractivity contribution is -0.125. The van der Waals surface area contributed by atoms with Crippen molar-refractivity contribution in [3.05, 3.63) is 40.6 Å². The molecule has 1 aromatic carbocycles. The summed E-state index contributed by atoms with van der Waals surface area (Å²) in [6, 6.07) is 3.40. The van der Waals surface area contributed by atoms with Crippen molar-refractivity contribution < 1.29 is 31.6 Å². The number of alkyl halides is 3. The monoisotopic (exact) mass is 362 g/mol. The highest BCUT2D eigenvalue weighted by atomic mass is 19.4. The van der Waals surface area contributed by atoms with Crippen molar-refractivity contribution in [1.82, 2.24) is 20.4 Å². The van der Waals surface area contributed by atoms with Gasteiger partial charge in [0.25, 0.3) is 0 Å². The summed E-state index contributed by atoms with van der Waals surface area (Å²) in [6.45, 7) is -2.38. The van der Waals surface area contributed by atoms with Gasteiger partial charge in [0.2, 0.25) is 11.8 Å². The zero-order valence-corrected chi connectivity index (χ0v) is 12.3. The van der Waals surface area contributed by atoms with Crippen LogP contribution in [0, 0.1) is 5.82 Å². The fraction of sp³-hybridized carbons (Fsp3) is 0.231. The summed E-state index contributed by atoms with van der Waals surface area (Å²) in [5, 5.41) is 6.72. The predicted octanol–water partition coefficient (Wildman–Crippen LogP) is 1.03. The minimum Gasteiger partial charge on any atom is -0.388 e. The molecule has 0 fully saturated rings. The first-order valence-electron chi connectivity index (χ1n) is 6.62. The molecule has 1 aromatic heterocycles. The maximum atomic E-state index is 12.8. The first-order valence-corrected chi connectivity index (χ1v) is 6.62. The van der Waals surface area contributed by atoms with E-state index in [-0.39, 0.29) is 11.5 Å². The Morgan fingerprint density at radius 1 is 1.20 bits per heavy atom. The second-order valence-corrected chi connectivity index (χ2v) is 4.68. The third kappa shape index (κ3) is 5.44. The fourth-order valence-electron chi connectivity index (χ4n) is 1.64. The molecule has 0 radical (unpaired) electrons. The van der Waals surface area contributed by atoms with Crippen LogP contribution in [-0.2, 0) is 11.3 Å². The highest BCUT2D eigenvalue weighted by Crippen LogP contribution is 2.15. The van der Waals surface area contributed by atoms with Crippen molar-refractivity contribution in [2.45, 2.75) is 12.7 Å². The average Bonchev–Trinajstić information content (AvgIpc) is 2.86. The van der Waals surface area contributed by atoms with Gasteiger partial charge in [0.15, 0.2) is 0 Å². The Morgan fingerprint density at radius 3 is 2.44 bits per heavy atom. The van der Waals surface area contributed by atoms with Crippen LogP contribution in [0.1, 0.15) is 0 Å². The number of carbonyl (C=O) groups is 2. The van der Waals surface area contributed by atoms with Crippen LogP contribution in [0.4, 0.5) is 22.4 Å². The standard InChI is InChI=1S/C13H10F4N4O4/c14-8-3-1-7(2-4-8)10-20-21(12(24)25-10)5-9(22)19-11(23)18-6-13(15,16)17/h1-4H,5-6H2,(H2,18,19,22,23). The maximum Gasteiger partial charge on any atom is 0.437 e. The van der Waals surface area contributed by atoms with Gasteiger partial charge in [-0.1, -0.05) is 0 Å². The summed E-state index contributed by atoms with van der Waals surface area (Å²) in [6.07, 6.45) is -4.63. The smallest absolute Gasteiger partial charge is 0.388 e. The molecule has 0 saturated heterocycles. The number of nitrogens with zero attached hydrogens (tertiary/aromatic N) is 2. The zero-order chi connectivity index (χ0) is 18.6. The minimum absolute atomic E-state index is 0.195. The summed E-state index contributed by atoms with van der Waals surface area (Å²) in [5.41, 5.74) is 0.264. The van der Waals surface area contributed by atoms with Gasteiger partial charge in [-0.3, -0.25) is 10.1 Å². The zero-order valence-electron chi connectivity index (χ0n) is 12.3. The number of rotatable bonds is 4. The van der Waals surface area contributed by atoms with Gasteiger partial charge in [0.1, 0.15) is 18.9 Å². The second kappa shape index (κ2) is 7.15. The van der Waals surface area contributed by atoms with E-state index in [1.165, 1.54) is 17.4 Å². The van der Waals surface area contributed by atoms with E-state index >= 15 is 0 Å². The summed E-state index contributed by atoms with van der Waals surface area (Å²) >= 11 is 0. The average molecular weight is 362 g/mol. The van der Waals surface area contributed by atoms with Crippen LogP contribution in [-0.4, -0.2) is 34.4 Å². The number of aromatic nitrogens is 2. The quantitative estimate of drug-likeness (QED) is 0.791. The molecule has 0 aliphatic heterocycles. The van der Waals surface area contributed by atoms with Crippen LogP contribution in [0.15, 0.2) is 33.5 Å². The van der Waals surface area contributed by atoms with Crippen molar-refractivity contribution >= 4 is 11.9 Å². The lowest BCUT2D eigenvalue weighted by atomic mass is 10.2. The molecule has 2 N–H and O–H groups in total. The SMILES string of the molecule is O=C(Cn1nc(-c2ccc(F)cc2)oc1=O)NC(=O)NCC(F)(F)F. The molecule has 0 bridgehead atoms. The van der Waals surface area contributed by atoms with Gasteiger partial charge in [-0.25, -0.2) is 14.0 Å². The molecular formula is C13H10F4N4O4. The van der Waals surface area contributed by atoms with E-state index in [2.05, 4.69) is 5.10 Å². The summed E-state index contributed by atoms with van der Waals surface area (Å²) in [5.74, 6) is -2.83. The van der Waals surface area contributed by atoms with Crippen LogP contribution in [0.3, 0.4) is 0 Å². The number of imide groups is 1. The van der Waals surface area contributed by atoms with Crippen LogP contribution in [0.2, 0.25) is 0 Å². The first kappa shape index (κ1) is 18.2. The van der Waals surface area contributed by atoms with Crippen LogP contribution in [0.25, 0.3) is 11.5 Å². The number of nitrogens with one attached hydrogen (secondary N) is 2.